The number of rotatable bonds is 8. The average Bonchev–Trinajstić information content (AvgIpc) is 3.16. The molecule has 0 unspecified atom stereocenters. The van der Waals surface area contributed by atoms with Gasteiger partial charge in [0.15, 0.2) is 0 Å². The Kier molecular flexibility index (Phi) is 4.27. The van der Waals surface area contributed by atoms with Crippen molar-refractivity contribution >= 4 is 11.0 Å². The van der Waals surface area contributed by atoms with Gasteiger partial charge in [0, 0.05) is 19.7 Å². The second-order valence-corrected chi connectivity index (χ2v) is 6.25. The molecule has 4 nitrogen and oxygen atoms in total. The predicted molar refractivity (Wildman–Crippen MR) is 85.1 cm³/mol. The topological polar surface area (TPSA) is 50.1 Å². The monoisotopic (exact) mass is 287 g/mol. The summed E-state index contributed by atoms with van der Waals surface area (Å²) in [5.74, 6) is 1.12. The normalized spacial score (nSPS) is 16.5. The van der Waals surface area contributed by atoms with E-state index in [4.69, 9.17) is 10.1 Å². The third kappa shape index (κ3) is 3.11. The summed E-state index contributed by atoms with van der Waals surface area (Å²) >= 11 is 0. The quantitative estimate of drug-likeness (QED) is 0.785. The number of nitrogens with zero attached hydrogens (tertiary/aromatic N) is 2. The van der Waals surface area contributed by atoms with Crippen molar-refractivity contribution in [2.24, 2.45) is 5.41 Å². The number of aryl methyl sites for hydroxylation is 1. The Hall–Kier alpha value is -1.39. The molecule has 0 aliphatic heterocycles. The molecule has 0 amide bonds. The molecule has 4 heteroatoms. The van der Waals surface area contributed by atoms with Crippen molar-refractivity contribution in [2.45, 2.75) is 45.7 Å². The zero-order valence-corrected chi connectivity index (χ0v) is 12.8. The van der Waals surface area contributed by atoms with Crippen molar-refractivity contribution in [1.29, 1.82) is 0 Å². The van der Waals surface area contributed by atoms with E-state index < -0.39 is 0 Å². The maximum atomic E-state index is 9.12. The highest BCUT2D eigenvalue weighted by Gasteiger charge is 2.41. The van der Waals surface area contributed by atoms with Crippen LogP contribution in [0.3, 0.4) is 0 Å². The fraction of sp³-hybridized carbons (Fsp3) is 0.588. The van der Waals surface area contributed by atoms with Gasteiger partial charge in [-0.2, -0.15) is 0 Å². The Bertz CT molecular complexity index is 601. The largest absolute Gasteiger partial charge is 0.396 e. The molecular formula is C17H25N3O. The molecule has 1 aliphatic rings. The highest BCUT2D eigenvalue weighted by atomic mass is 16.3. The molecule has 21 heavy (non-hydrogen) atoms. The molecule has 0 saturated heterocycles. The molecule has 0 bridgehead atoms. The van der Waals surface area contributed by atoms with Gasteiger partial charge in [-0.1, -0.05) is 19.1 Å². The molecule has 2 aromatic rings. The lowest BCUT2D eigenvalue weighted by Crippen LogP contribution is -2.26. The van der Waals surface area contributed by atoms with Crippen molar-refractivity contribution in [1.82, 2.24) is 14.9 Å². The minimum absolute atomic E-state index is 0.302. The summed E-state index contributed by atoms with van der Waals surface area (Å²) in [5.41, 5.74) is 2.67. The molecule has 1 saturated carbocycles. The zero-order chi connectivity index (χ0) is 14.7. The Labute approximate surface area is 126 Å². The van der Waals surface area contributed by atoms with Gasteiger partial charge in [-0.15, -0.1) is 0 Å². The van der Waals surface area contributed by atoms with Gasteiger partial charge in [0.2, 0.25) is 0 Å². The second-order valence-electron chi connectivity index (χ2n) is 6.25. The van der Waals surface area contributed by atoms with Gasteiger partial charge in [-0.25, -0.2) is 4.98 Å². The number of aliphatic hydroxyl groups excluding tert-OH is 1. The van der Waals surface area contributed by atoms with Crippen molar-refractivity contribution in [3.05, 3.63) is 30.1 Å². The molecule has 1 heterocycles. The van der Waals surface area contributed by atoms with Crippen LogP contribution in [0.25, 0.3) is 11.0 Å². The molecule has 1 aromatic carbocycles. The fourth-order valence-corrected chi connectivity index (χ4v) is 3.10. The van der Waals surface area contributed by atoms with Gasteiger partial charge < -0.3 is 15.0 Å². The SMILES string of the molecule is CCCn1c(CNCC2(CCO)CC2)nc2ccccc21. The number of para-hydroxylation sites is 2. The van der Waals surface area contributed by atoms with Crippen LogP contribution in [0.15, 0.2) is 24.3 Å². The Morgan fingerprint density at radius 2 is 2.14 bits per heavy atom. The summed E-state index contributed by atoms with van der Waals surface area (Å²) in [6.07, 6.45) is 4.52. The van der Waals surface area contributed by atoms with Crippen LogP contribution in [0.4, 0.5) is 0 Å². The van der Waals surface area contributed by atoms with Gasteiger partial charge >= 0.3 is 0 Å². The van der Waals surface area contributed by atoms with Crippen LogP contribution in [0.2, 0.25) is 0 Å². The molecule has 2 N–H and O–H groups in total. The van der Waals surface area contributed by atoms with E-state index in [9.17, 15) is 0 Å². The lowest BCUT2D eigenvalue weighted by atomic mass is 10.0. The zero-order valence-electron chi connectivity index (χ0n) is 12.8. The summed E-state index contributed by atoms with van der Waals surface area (Å²) in [6.45, 7) is 5.31. The number of aliphatic hydroxyl groups is 1. The smallest absolute Gasteiger partial charge is 0.123 e. The molecule has 0 radical (unpaired) electrons. The number of imidazole rings is 1. The first kappa shape index (κ1) is 14.5. The number of hydrogen-bond acceptors (Lipinski definition) is 3. The van der Waals surface area contributed by atoms with Crippen LogP contribution in [0.5, 0.6) is 0 Å². The van der Waals surface area contributed by atoms with Crippen molar-refractivity contribution in [3.63, 3.8) is 0 Å². The van der Waals surface area contributed by atoms with E-state index in [2.05, 4.69) is 35.0 Å². The van der Waals surface area contributed by atoms with Crippen molar-refractivity contribution < 1.29 is 5.11 Å². The van der Waals surface area contributed by atoms with E-state index in [1.165, 1.54) is 18.4 Å². The molecule has 114 valence electrons. The first-order chi connectivity index (χ1) is 10.3. The van der Waals surface area contributed by atoms with Gasteiger partial charge in [-0.05, 0) is 43.2 Å². The highest BCUT2D eigenvalue weighted by molar-refractivity contribution is 5.75. The van der Waals surface area contributed by atoms with Gasteiger partial charge in [0.1, 0.15) is 5.82 Å². The first-order valence-electron chi connectivity index (χ1n) is 8.04. The third-order valence-corrected chi connectivity index (χ3v) is 4.56. The number of nitrogens with one attached hydrogen (secondary N) is 1. The molecule has 3 rings (SSSR count). The Morgan fingerprint density at radius 3 is 2.86 bits per heavy atom. The lowest BCUT2D eigenvalue weighted by molar-refractivity contribution is 0.245. The number of aromatic nitrogens is 2. The summed E-state index contributed by atoms with van der Waals surface area (Å²) in [4.78, 5) is 4.77. The average molecular weight is 287 g/mol. The highest BCUT2D eigenvalue weighted by Crippen LogP contribution is 2.47. The lowest BCUT2D eigenvalue weighted by Gasteiger charge is -2.15. The molecular weight excluding hydrogens is 262 g/mol. The van der Waals surface area contributed by atoms with E-state index >= 15 is 0 Å². The first-order valence-corrected chi connectivity index (χ1v) is 8.04. The summed E-state index contributed by atoms with van der Waals surface area (Å²) in [5, 5.41) is 12.7. The standard InChI is InChI=1S/C17H25N3O/c1-2-10-20-15-6-4-3-5-14(15)19-16(20)12-18-13-17(7-8-17)9-11-21/h3-6,18,21H,2,7-13H2,1H3. The molecule has 0 atom stereocenters. The van der Waals surface area contributed by atoms with Crippen molar-refractivity contribution in [3.8, 4) is 0 Å². The van der Waals surface area contributed by atoms with Crippen LogP contribution in [-0.4, -0.2) is 27.8 Å². The number of fused-ring (bicyclic) bond motifs is 1. The van der Waals surface area contributed by atoms with Gasteiger partial charge in [-0.3, -0.25) is 0 Å². The minimum atomic E-state index is 0.302. The third-order valence-electron chi connectivity index (χ3n) is 4.56. The van der Waals surface area contributed by atoms with Crippen LogP contribution in [0.1, 0.15) is 38.4 Å². The van der Waals surface area contributed by atoms with Crippen molar-refractivity contribution in [2.75, 3.05) is 13.2 Å². The van der Waals surface area contributed by atoms with Crippen LogP contribution < -0.4 is 5.32 Å². The fourth-order valence-electron chi connectivity index (χ4n) is 3.10. The summed E-state index contributed by atoms with van der Waals surface area (Å²) in [7, 11) is 0. The second kappa shape index (κ2) is 6.16. The van der Waals surface area contributed by atoms with Crippen LogP contribution in [0, 0.1) is 5.41 Å². The number of benzene rings is 1. The Morgan fingerprint density at radius 1 is 1.33 bits per heavy atom. The molecule has 1 aliphatic carbocycles. The Balaban J connectivity index is 1.70. The predicted octanol–water partition coefficient (Wildman–Crippen LogP) is 2.70. The van der Waals surface area contributed by atoms with E-state index in [1.807, 2.05) is 6.07 Å². The van der Waals surface area contributed by atoms with Crippen LogP contribution in [-0.2, 0) is 13.1 Å². The van der Waals surface area contributed by atoms with Gasteiger partial charge in [0.05, 0.1) is 17.6 Å². The van der Waals surface area contributed by atoms with E-state index in [1.54, 1.807) is 0 Å². The number of hydrogen-bond donors (Lipinski definition) is 2. The van der Waals surface area contributed by atoms with E-state index in [-0.39, 0.29) is 0 Å². The van der Waals surface area contributed by atoms with E-state index in [0.717, 1.165) is 43.8 Å². The molecule has 1 fully saturated rings. The molecule has 1 aromatic heterocycles. The van der Waals surface area contributed by atoms with E-state index in [0.29, 0.717) is 12.0 Å². The maximum Gasteiger partial charge on any atom is 0.123 e. The van der Waals surface area contributed by atoms with Crippen LogP contribution >= 0.6 is 0 Å². The molecule has 0 spiro atoms. The summed E-state index contributed by atoms with van der Waals surface area (Å²) < 4.78 is 2.33. The van der Waals surface area contributed by atoms with Gasteiger partial charge in [0.25, 0.3) is 0 Å². The maximum absolute atomic E-state index is 9.12. The summed E-state index contributed by atoms with van der Waals surface area (Å²) in [6, 6.07) is 8.35. The minimum Gasteiger partial charge on any atom is -0.396 e.